The van der Waals surface area contributed by atoms with Gasteiger partial charge in [-0.05, 0) is 54.5 Å². The van der Waals surface area contributed by atoms with E-state index >= 15 is 0 Å². The minimum Gasteiger partial charge on any atom is -0.353 e. The largest absolute Gasteiger partial charge is 0.353 e. The third kappa shape index (κ3) is 4.46. The number of nitrogens with zero attached hydrogens (tertiary/aromatic N) is 3. The molecule has 2 unspecified atom stereocenters. The molecule has 0 aliphatic carbocycles. The molecule has 7 heteroatoms. The van der Waals surface area contributed by atoms with Crippen molar-refractivity contribution in [1.82, 2.24) is 19.8 Å². The van der Waals surface area contributed by atoms with Gasteiger partial charge in [-0.1, -0.05) is 31.2 Å². The summed E-state index contributed by atoms with van der Waals surface area (Å²) >= 11 is 5.68. The summed E-state index contributed by atoms with van der Waals surface area (Å²) in [5.41, 5.74) is 4.06. The highest BCUT2D eigenvalue weighted by Gasteiger charge is 2.40. The van der Waals surface area contributed by atoms with Gasteiger partial charge in [-0.15, -0.1) is 0 Å². The fraction of sp³-hybridized carbons (Fsp3) is 0.292. The predicted octanol–water partition coefficient (Wildman–Crippen LogP) is 3.98. The van der Waals surface area contributed by atoms with Crippen LogP contribution in [0.4, 0.5) is 5.69 Å². The van der Waals surface area contributed by atoms with Crippen molar-refractivity contribution in [2.24, 2.45) is 7.05 Å². The molecular weight excluding hydrogens is 406 g/mol. The SMILES string of the molecule is CCc1ccccc1NC(=O)CCN1C(=S)NC(c2ccccn2)C1c1cccn1C. The Bertz CT molecular complexity index is 1060. The van der Waals surface area contributed by atoms with Crippen LogP contribution in [0.2, 0.25) is 0 Å². The summed E-state index contributed by atoms with van der Waals surface area (Å²) in [6.07, 6.45) is 5.04. The summed E-state index contributed by atoms with van der Waals surface area (Å²) in [6, 6.07) is 17.8. The van der Waals surface area contributed by atoms with E-state index in [4.69, 9.17) is 12.2 Å². The molecule has 0 saturated carbocycles. The number of carbonyl (C=O) groups is 1. The molecule has 2 N–H and O–H groups in total. The Hall–Kier alpha value is -3.19. The molecule has 6 nitrogen and oxygen atoms in total. The first-order valence-corrected chi connectivity index (χ1v) is 11.0. The van der Waals surface area contributed by atoms with Gasteiger partial charge in [0.2, 0.25) is 5.91 Å². The molecule has 3 aromatic rings. The minimum atomic E-state index is -0.0776. The fourth-order valence-corrected chi connectivity index (χ4v) is 4.47. The second-order valence-corrected chi connectivity index (χ2v) is 8.06. The van der Waals surface area contributed by atoms with Crippen LogP contribution in [0.5, 0.6) is 0 Å². The maximum Gasteiger partial charge on any atom is 0.226 e. The van der Waals surface area contributed by atoms with Gasteiger partial charge in [0.15, 0.2) is 5.11 Å². The van der Waals surface area contributed by atoms with E-state index in [0.29, 0.717) is 18.1 Å². The fourth-order valence-electron chi connectivity index (χ4n) is 4.13. The minimum absolute atomic E-state index is 0.0179. The molecule has 0 spiro atoms. The normalized spacial score (nSPS) is 18.1. The number of para-hydroxylation sites is 1. The lowest BCUT2D eigenvalue weighted by molar-refractivity contribution is -0.116. The zero-order valence-electron chi connectivity index (χ0n) is 17.8. The van der Waals surface area contributed by atoms with Gasteiger partial charge in [0.1, 0.15) is 0 Å². The molecule has 0 radical (unpaired) electrons. The number of amides is 1. The molecule has 1 saturated heterocycles. The number of anilines is 1. The molecule has 4 rings (SSSR count). The maximum atomic E-state index is 12.7. The molecule has 1 amide bonds. The maximum absolute atomic E-state index is 12.7. The monoisotopic (exact) mass is 433 g/mol. The van der Waals surface area contributed by atoms with Gasteiger partial charge in [-0.3, -0.25) is 9.78 Å². The quantitative estimate of drug-likeness (QED) is 0.552. The molecule has 2 atom stereocenters. The molecule has 3 heterocycles. The van der Waals surface area contributed by atoms with E-state index in [9.17, 15) is 4.79 Å². The van der Waals surface area contributed by atoms with Crippen molar-refractivity contribution in [3.05, 3.63) is 83.9 Å². The Kier molecular flexibility index (Phi) is 6.32. The van der Waals surface area contributed by atoms with Gasteiger partial charge >= 0.3 is 0 Å². The van der Waals surface area contributed by atoms with Gasteiger partial charge in [0, 0.05) is 43.8 Å². The first-order valence-electron chi connectivity index (χ1n) is 10.6. The molecular formula is C24H27N5OS. The third-order valence-electron chi connectivity index (χ3n) is 5.74. The summed E-state index contributed by atoms with van der Waals surface area (Å²) in [6.45, 7) is 2.60. The number of aromatic nitrogens is 2. The van der Waals surface area contributed by atoms with Crippen molar-refractivity contribution in [2.75, 3.05) is 11.9 Å². The average molecular weight is 434 g/mol. The highest BCUT2D eigenvalue weighted by molar-refractivity contribution is 7.80. The van der Waals surface area contributed by atoms with Crippen molar-refractivity contribution in [3.63, 3.8) is 0 Å². The average Bonchev–Trinajstić information content (AvgIpc) is 3.35. The highest BCUT2D eigenvalue weighted by Crippen LogP contribution is 2.38. The van der Waals surface area contributed by atoms with Gasteiger partial charge in [-0.25, -0.2) is 0 Å². The van der Waals surface area contributed by atoms with Crippen LogP contribution in [0.1, 0.15) is 42.4 Å². The number of hydrogen-bond donors (Lipinski definition) is 2. The van der Waals surface area contributed by atoms with Gasteiger partial charge in [0.05, 0.1) is 17.8 Å². The predicted molar refractivity (Wildman–Crippen MR) is 127 cm³/mol. The highest BCUT2D eigenvalue weighted by atomic mass is 32.1. The standard InChI is InChI=1S/C24H27N5OS/c1-3-17-9-4-5-10-18(17)26-21(30)13-16-29-23(20-12-8-15-28(20)2)22(27-24(29)31)19-11-6-7-14-25-19/h4-12,14-15,22-23H,3,13,16H2,1-2H3,(H,26,30)(H,27,31). The Morgan fingerprint density at radius 1 is 1.16 bits per heavy atom. The topological polar surface area (TPSA) is 62.2 Å². The third-order valence-corrected chi connectivity index (χ3v) is 6.09. The van der Waals surface area contributed by atoms with Crippen molar-refractivity contribution in [1.29, 1.82) is 0 Å². The van der Waals surface area contributed by atoms with E-state index in [1.807, 2.05) is 61.8 Å². The summed E-state index contributed by atoms with van der Waals surface area (Å²) < 4.78 is 2.10. The lowest BCUT2D eigenvalue weighted by Gasteiger charge is -2.28. The van der Waals surface area contributed by atoms with Gasteiger partial charge < -0.3 is 20.1 Å². The number of benzene rings is 1. The second-order valence-electron chi connectivity index (χ2n) is 7.67. The van der Waals surface area contributed by atoms with Gasteiger partial charge in [0.25, 0.3) is 0 Å². The van der Waals surface area contributed by atoms with Crippen LogP contribution in [0.3, 0.4) is 0 Å². The lowest BCUT2D eigenvalue weighted by Crippen LogP contribution is -2.33. The number of hydrogen-bond acceptors (Lipinski definition) is 3. The van der Waals surface area contributed by atoms with E-state index in [1.54, 1.807) is 6.20 Å². The van der Waals surface area contributed by atoms with Crippen molar-refractivity contribution >= 4 is 28.9 Å². The number of nitrogens with one attached hydrogen (secondary N) is 2. The first kappa shape index (κ1) is 21.1. The Labute approximate surface area is 188 Å². The number of thiocarbonyl (C=S) groups is 1. The number of rotatable bonds is 7. The molecule has 1 aromatic carbocycles. The smallest absolute Gasteiger partial charge is 0.226 e. The van der Waals surface area contributed by atoms with E-state index in [1.165, 1.54) is 0 Å². The molecule has 2 aromatic heterocycles. The number of carbonyl (C=O) groups excluding carboxylic acids is 1. The van der Waals surface area contributed by atoms with Crippen LogP contribution in [0.25, 0.3) is 0 Å². The Morgan fingerprint density at radius 3 is 2.68 bits per heavy atom. The van der Waals surface area contributed by atoms with Crippen LogP contribution < -0.4 is 10.6 Å². The molecule has 31 heavy (non-hydrogen) atoms. The molecule has 1 aliphatic rings. The van der Waals surface area contributed by atoms with Crippen molar-refractivity contribution < 1.29 is 4.79 Å². The van der Waals surface area contributed by atoms with Crippen molar-refractivity contribution in [2.45, 2.75) is 31.8 Å². The van der Waals surface area contributed by atoms with Crippen LogP contribution in [0, 0.1) is 0 Å². The van der Waals surface area contributed by atoms with E-state index in [-0.39, 0.29) is 18.0 Å². The number of aryl methyl sites for hydroxylation is 2. The molecule has 1 aliphatic heterocycles. The summed E-state index contributed by atoms with van der Waals surface area (Å²) in [7, 11) is 2.03. The molecule has 0 bridgehead atoms. The second kappa shape index (κ2) is 9.31. The van der Waals surface area contributed by atoms with Crippen LogP contribution in [-0.2, 0) is 18.3 Å². The van der Waals surface area contributed by atoms with Crippen LogP contribution >= 0.6 is 12.2 Å². The van der Waals surface area contributed by atoms with E-state index in [2.05, 4.69) is 38.1 Å². The summed E-state index contributed by atoms with van der Waals surface area (Å²) in [5, 5.41) is 7.13. The zero-order valence-corrected chi connectivity index (χ0v) is 18.6. The summed E-state index contributed by atoms with van der Waals surface area (Å²) in [5.74, 6) is -0.0179. The van der Waals surface area contributed by atoms with Crippen LogP contribution in [-0.4, -0.2) is 32.0 Å². The zero-order chi connectivity index (χ0) is 21.8. The number of pyridine rings is 1. The Balaban J connectivity index is 1.53. The van der Waals surface area contributed by atoms with Crippen LogP contribution in [0.15, 0.2) is 67.0 Å². The van der Waals surface area contributed by atoms with E-state index < -0.39 is 0 Å². The van der Waals surface area contributed by atoms with E-state index in [0.717, 1.165) is 29.1 Å². The summed E-state index contributed by atoms with van der Waals surface area (Å²) in [4.78, 5) is 19.4. The van der Waals surface area contributed by atoms with Gasteiger partial charge in [-0.2, -0.15) is 0 Å². The first-order chi connectivity index (χ1) is 15.1. The molecule has 160 valence electrons. The lowest BCUT2D eigenvalue weighted by atomic mass is 10.0. The molecule has 1 fully saturated rings. The Morgan fingerprint density at radius 2 is 1.97 bits per heavy atom. The van der Waals surface area contributed by atoms with Crippen molar-refractivity contribution in [3.8, 4) is 0 Å².